The Morgan fingerprint density at radius 3 is 2.72 bits per heavy atom. The van der Waals surface area contributed by atoms with Gasteiger partial charge in [0.05, 0.1) is 15.7 Å². The molecule has 0 spiro atoms. The number of benzene rings is 1. The first kappa shape index (κ1) is 21.7. The molecule has 2 aromatic heterocycles. The van der Waals surface area contributed by atoms with Gasteiger partial charge in [-0.25, -0.2) is 22.8 Å². The molecule has 29 heavy (non-hydrogen) atoms. The Morgan fingerprint density at radius 2 is 2.10 bits per heavy atom. The number of thiophene rings is 1. The van der Waals surface area contributed by atoms with Crippen LogP contribution in [0, 0.1) is 12.7 Å². The molecule has 0 bridgehead atoms. The molecule has 3 rings (SSSR count). The molecule has 0 atom stereocenters. The zero-order chi connectivity index (χ0) is 21.2. The van der Waals surface area contributed by atoms with E-state index < -0.39 is 15.7 Å². The van der Waals surface area contributed by atoms with Crippen LogP contribution in [0.25, 0.3) is 0 Å². The summed E-state index contributed by atoms with van der Waals surface area (Å²) in [5.41, 5.74) is 6.63. The first-order valence-corrected chi connectivity index (χ1v) is 12.1. The van der Waals surface area contributed by atoms with Crippen LogP contribution in [0.4, 0.5) is 15.9 Å². The summed E-state index contributed by atoms with van der Waals surface area (Å²) in [6.07, 6.45) is 1.13. The average molecular weight is 517 g/mol. The van der Waals surface area contributed by atoms with E-state index in [1.165, 1.54) is 12.1 Å². The lowest BCUT2D eigenvalue weighted by Gasteiger charge is -2.08. The van der Waals surface area contributed by atoms with Crippen LogP contribution in [0.2, 0.25) is 0 Å². The quantitative estimate of drug-likeness (QED) is 0.377. The van der Waals surface area contributed by atoms with Crippen molar-refractivity contribution in [2.45, 2.75) is 21.2 Å². The zero-order valence-electron chi connectivity index (χ0n) is 14.8. The van der Waals surface area contributed by atoms with Crippen molar-refractivity contribution in [1.29, 1.82) is 0 Å². The van der Waals surface area contributed by atoms with Crippen LogP contribution in [-0.2, 0) is 14.6 Å². The number of rotatable bonds is 6. The fourth-order valence-corrected chi connectivity index (χ4v) is 6.21. The van der Waals surface area contributed by atoms with Crippen molar-refractivity contribution in [3.63, 3.8) is 0 Å². The van der Waals surface area contributed by atoms with Gasteiger partial charge in [0.15, 0.2) is 5.16 Å². The molecule has 1 aromatic carbocycles. The number of aryl methyl sites for hydroxylation is 1. The first-order valence-electron chi connectivity index (χ1n) is 7.98. The molecule has 3 N–H and O–H groups in total. The molecule has 1 amide bonds. The van der Waals surface area contributed by atoms with Crippen molar-refractivity contribution in [2.75, 3.05) is 16.8 Å². The van der Waals surface area contributed by atoms with Gasteiger partial charge in [0.2, 0.25) is 15.7 Å². The Hall–Kier alpha value is -2.02. The molecular weight excluding hydrogens is 503 g/mol. The monoisotopic (exact) mass is 516 g/mol. The van der Waals surface area contributed by atoms with Crippen LogP contribution in [0.1, 0.15) is 5.56 Å². The predicted molar refractivity (Wildman–Crippen MR) is 114 cm³/mol. The summed E-state index contributed by atoms with van der Waals surface area (Å²) in [6.45, 7) is 1.62. The van der Waals surface area contributed by atoms with Gasteiger partial charge in [0, 0.05) is 5.69 Å². The summed E-state index contributed by atoms with van der Waals surface area (Å²) >= 11 is 5.25. The molecule has 152 valence electrons. The van der Waals surface area contributed by atoms with Gasteiger partial charge in [0.1, 0.15) is 20.7 Å². The van der Waals surface area contributed by atoms with Gasteiger partial charge in [-0.1, -0.05) is 17.8 Å². The van der Waals surface area contributed by atoms with Crippen molar-refractivity contribution in [1.82, 2.24) is 9.97 Å². The number of hydrogen-bond donors (Lipinski definition) is 2. The number of sulfone groups is 1. The molecule has 0 radical (unpaired) electrons. The van der Waals surface area contributed by atoms with Crippen LogP contribution in [-0.4, -0.2) is 30.0 Å². The molecular formula is C17H14BrFN4O3S3. The molecule has 0 fully saturated rings. The van der Waals surface area contributed by atoms with E-state index in [-0.39, 0.29) is 31.7 Å². The van der Waals surface area contributed by atoms with Crippen LogP contribution < -0.4 is 11.1 Å². The number of nitrogen functional groups attached to an aromatic ring is 1. The van der Waals surface area contributed by atoms with Crippen molar-refractivity contribution < 1.29 is 17.6 Å². The highest BCUT2D eigenvalue weighted by atomic mass is 79.9. The molecule has 0 aliphatic heterocycles. The van der Waals surface area contributed by atoms with E-state index in [0.29, 0.717) is 15.0 Å². The highest BCUT2D eigenvalue weighted by Gasteiger charge is 2.24. The maximum Gasteiger partial charge on any atom is 0.234 e. The van der Waals surface area contributed by atoms with Crippen LogP contribution in [0.5, 0.6) is 0 Å². The van der Waals surface area contributed by atoms with E-state index in [9.17, 15) is 17.6 Å². The molecule has 12 heteroatoms. The molecule has 2 heterocycles. The second-order valence-corrected chi connectivity index (χ2v) is 11.3. The summed E-state index contributed by atoms with van der Waals surface area (Å²) in [7, 11) is -3.83. The number of thioether (sulfide) groups is 1. The third-order valence-corrected chi connectivity index (χ3v) is 8.40. The Morgan fingerprint density at radius 1 is 1.34 bits per heavy atom. The van der Waals surface area contributed by atoms with Crippen LogP contribution >= 0.6 is 39.0 Å². The van der Waals surface area contributed by atoms with E-state index in [0.717, 1.165) is 29.3 Å². The maximum absolute atomic E-state index is 13.5. The van der Waals surface area contributed by atoms with E-state index in [1.54, 1.807) is 25.1 Å². The standard InChI is InChI=1S/C17H14BrFN4O3S3/c1-9-2-3-10(6-11(9)19)22-14(24)8-27-17-21-7-12(16(20)23-17)29(25,26)15-5-4-13(18)28-15/h2-7H,8H2,1H3,(H,22,24)(H2,20,21,23). The molecule has 0 saturated heterocycles. The molecule has 0 saturated carbocycles. The highest BCUT2D eigenvalue weighted by Crippen LogP contribution is 2.32. The number of carbonyl (C=O) groups excluding carboxylic acids is 1. The van der Waals surface area contributed by atoms with Crippen LogP contribution in [0.3, 0.4) is 0 Å². The van der Waals surface area contributed by atoms with E-state index in [2.05, 4.69) is 31.2 Å². The molecule has 0 unspecified atom stereocenters. The van der Waals surface area contributed by atoms with Gasteiger partial charge in [0.25, 0.3) is 0 Å². The second-order valence-electron chi connectivity index (χ2n) is 5.76. The Balaban J connectivity index is 1.67. The van der Waals surface area contributed by atoms with Gasteiger partial charge in [-0.2, -0.15) is 0 Å². The SMILES string of the molecule is Cc1ccc(NC(=O)CSc2ncc(S(=O)(=O)c3ccc(Br)s3)c(N)n2)cc1F. The predicted octanol–water partition coefficient (Wildman–Crippen LogP) is 3.89. The lowest BCUT2D eigenvalue weighted by Crippen LogP contribution is -2.15. The average Bonchev–Trinajstić information content (AvgIpc) is 3.10. The van der Waals surface area contributed by atoms with Gasteiger partial charge in [-0.3, -0.25) is 4.79 Å². The van der Waals surface area contributed by atoms with E-state index in [4.69, 9.17) is 5.73 Å². The minimum atomic E-state index is -3.83. The minimum Gasteiger partial charge on any atom is -0.382 e. The van der Waals surface area contributed by atoms with Gasteiger partial charge in [-0.15, -0.1) is 11.3 Å². The summed E-state index contributed by atoms with van der Waals surface area (Å²) in [5.74, 6) is -1.06. The maximum atomic E-state index is 13.5. The number of hydrogen-bond acceptors (Lipinski definition) is 8. The summed E-state index contributed by atoms with van der Waals surface area (Å²) in [4.78, 5) is 19.8. The van der Waals surface area contributed by atoms with Gasteiger partial charge < -0.3 is 11.1 Å². The molecule has 3 aromatic rings. The third kappa shape index (κ3) is 5.13. The van der Waals surface area contributed by atoms with Crippen molar-refractivity contribution in [3.8, 4) is 0 Å². The topological polar surface area (TPSA) is 115 Å². The number of carbonyl (C=O) groups is 1. The van der Waals surface area contributed by atoms with Crippen molar-refractivity contribution in [3.05, 3.63) is 51.7 Å². The number of amides is 1. The lowest BCUT2D eigenvalue weighted by atomic mass is 10.2. The number of nitrogens with zero attached hydrogens (tertiary/aromatic N) is 2. The van der Waals surface area contributed by atoms with E-state index in [1.807, 2.05) is 0 Å². The van der Waals surface area contributed by atoms with Crippen molar-refractivity contribution >= 4 is 66.3 Å². The fraction of sp³-hybridized carbons (Fsp3) is 0.118. The molecule has 0 aliphatic rings. The van der Waals surface area contributed by atoms with Gasteiger partial charge in [-0.05, 0) is 52.7 Å². The zero-order valence-corrected chi connectivity index (χ0v) is 18.9. The number of aromatic nitrogens is 2. The Kier molecular flexibility index (Phi) is 6.56. The first-order chi connectivity index (χ1) is 13.7. The lowest BCUT2D eigenvalue weighted by molar-refractivity contribution is -0.113. The second kappa shape index (κ2) is 8.78. The smallest absolute Gasteiger partial charge is 0.234 e. The Labute approximate surface area is 183 Å². The summed E-state index contributed by atoms with van der Waals surface area (Å²) < 4.78 is 39.6. The van der Waals surface area contributed by atoms with Gasteiger partial charge >= 0.3 is 0 Å². The van der Waals surface area contributed by atoms with Crippen LogP contribution in [0.15, 0.2) is 54.6 Å². The normalized spacial score (nSPS) is 11.4. The Bertz CT molecular complexity index is 1180. The number of nitrogens with one attached hydrogen (secondary N) is 1. The number of halogens is 2. The molecule has 0 aliphatic carbocycles. The highest BCUT2D eigenvalue weighted by molar-refractivity contribution is 9.11. The summed E-state index contributed by atoms with van der Waals surface area (Å²) in [6, 6.07) is 7.47. The van der Waals surface area contributed by atoms with E-state index >= 15 is 0 Å². The molecule has 7 nitrogen and oxygen atoms in total. The number of anilines is 2. The number of nitrogens with two attached hydrogens (primary N) is 1. The van der Waals surface area contributed by atoms with Crippen molar-refractivity contribution in [2.24, 2.45) is 0 Å². The minimum absolute atomic E-state index is 0.0566. The fourth-order valence-electron chi connectivity index (χ4n) is 2.19. The largest absolute Gasteiger partial charge is 0.382 e. The third-order valence-electron chi connectivity index (χ3n) is 3.65. The summed E-state index contributed by atoms with van der Waals surface area (Å²) in [5, 5.41) is 2.72.